The van der Waals surface area contributed by atoms with Crippen molar-refractivity contribution in [2.45, 2.75) is 26.4 Å². The van der Waals surface area contributed by atoms with Gasteiger partial charge in [0.15, 0.2) is 0 Å². The molecule has 0 aliphatic heterocycles. The summed E-state index contributed by atoms with van der Waals surface area (Å²) in [4.78, 5) is 12.9. The second-order valence-electron chi connectivity index (χ2n) is 4.13. The minimum atomic E-state index is -0.231. The van der Waals surface area contributed by atoms with E-state index >= 15 is 0 Å². The van der Waals surface area contributed by atoms with Crippen LogP contribution in [0.4, 0.5) is 0 Å². The molecule has 1 aromatic rings. The van der Waals surface area contributed by atoms with Gasteiger partial charge in [-0.15, -0.1) is 0 Å². The predicted molar refractivity (Wildman–Crippen MR) is 61.0 cm³/mol. The van der Waals surface area contributed by atoms with Gasteiger partial charge in [0.1, 0.15) is 0 Å². The number of nitrogens with zero attached hydrogens (tertiary/aromatic N) is 3. The first-order valence-electron chi connectivity index (χ1n) is 5.32. The minimum absolute atomic E-state index is 0.231. The lowest BCUT2D eigenvalue weighted by atomic mass is 10.4. The van der Waals surface area contributed by atoms with Crippen molar-refractivity contribution in [1.29, 1.82) is 0 Å². The summed E-state index contributed by atoms with van der Waals surface area (Å²) in [5.74, 6) is -0.231. The monoisotopic (exact) mass is 225 g/mol. The molecule has 1 heterocycles. The Labute approximate surface area is 96.0 Å². The molecule has 0 saturated heterocycles. The number of likely N-dealkylation sites (N-methyl/N-ethyl adjacent to an activating group) is 1. The van der Waals surface area contributed by atoms with Gasteiger partial charge in [-0.3, -0.25) is 14.4 Å². The maximum atomic E-state index is 11.0. The van der Waals surface area contributed by atoms with Crippen LogP contribution in [0.5, 0.6) is 0 Å². The zero-order valence-corrected chi connectivity index (χ0v) is 10.3. The molecule has 0 aliphatic carbocycles. The highest BCUT2D eigenvalue weighted by atomic mass is 16.5. The van der Waals surface area contributed by atoms with Gasteiger partial charge in [-0.1, -0.05) is 0 Å². The van der Waals surface area contributed by atoms with Gasteiger partial charge >= 0.3 is 5.97 Å². The van der Waals surface area contributed by atoms with E-state index in [1.165, 1.54) is 7.11 Å². The van der Waals surface area contributed by atoms with Crippen LogP contribution in [-0.4, -0.2) is 41.4 Å². The molecule has 0 aliphatic rings. The second-order valence-corrected chi connectivity index (χ2v) is 4.13. The fourth-order valence-corrected chi connectivity index (χ4v) is 1.37. The first-order valence-corrected chi connectivity index (χ1v) is 5.32. The Balaban J connectivity index is 2.49. The van der Waals surface area contributed by atoms with Crippen molar-refractivity contribution in [3.8, 4) is 0 Å². The van der Waals surface area contributed by atoms with E-state index in [0.717, 1.165) is 5.69 Å². The average Bonchev–Trinajstić information content (AvgIpc) is 2.65. The number of rotatable bonds is 5. The van der Waals surface area contributed by atoms with Crippen LogP contribution in [0.2, 0.25) is 0 Å². The molecule has 0 atom stereocenters. The third-order valence-electron chi connectivity index (χ3n) is 2.25. The highest BCUT2D eigenvalue weighted by Gasteiger charge is 2.09. The number of hydrogen-bond acceptors (Lipinski definition) is 4. The molecular formula is C11H19N3O2. The van der Waals surface area contributed by atoms with Gasteiger partial charge in [0.25, 0.3) is 0 Å². The summed E-state index contributed by atoms with van der Waals surface area (Å²) in [5.41, 5.74) is 0.958. The van der Waals surface area contributed by atoms with Crippen LogP contribution in [0.3, 0.4) is 0 Å². The van der Waals surface area contributed by atoms with Crippen molar-refractivity contribution >= 4 is 5.97 Å². The lowest BCUT2D eigenvalue weighted by Crippen LogP contribution is -2.26. The van der Waals surface area contributed by atoms with Gasteiger partial charge in [-0.25, -0.2) is 0 Å². The smallest absolute Gasteiger partial charge is 0.319 e. The number of ether oxygens (including phenoxy) is 1. The minimum Gasteiger partial charge on any atom is -0.468 e. The summed E-state index contributed by atoms with van der Waals surface area (Å²) < 4.78 is 6.50. The van der Waals surface area contributed by atoms with Crippen molar-refractivity contribution in [2.75, 3.05) is 20.7 Å². The van der Waals surface area contributed by atoms with E-state index in [2.05, 4.69) is 23.7 Å². The molecule has 0 unspecified atom stereocenters. The summed E-state index contributed by atoms with van der Waals surface area (Å²) in [6.07, 6.45) is 1.95. The zero-order valence-electron chi connectivity index (χ0n) is 10.3. The standard InChI is InChI=1S/C11H19N3O2/c1-9(2)14-6-5-10(12-14)7-13(3)8-11(15)16-4/h5-6,9H,7-8H2,1-4H3. The van der Waals surface area contributed by atoms with Gasteiger partial charge in [0.2, 0.25) is 0 Å². The summed E-state index contributed by atoms with van der Waals surface area (Å²) >= 11 is 0. The quantitative estimate of drug-likeness (QED) is 0.703. The number of hydrogen-bond donors (Lipinski definition) is 0. The second kappa shape index (κ2) is 5.65. The van der Waals surface area contributed by atoms with Crippen molar-refractivity contribution in [1.82, 2.24) is 14.7 Å². The summed E-state index contributed by atoms with van der Waals surface area (Å²) in [7, 11) is 3.26. The molecule has 1 aromatic heterocycles. The molecule has 0 N–H and O–H groups in total. The van der Waals surface area contributed by atoms with Crippen LogP contribution in [0, 0.1) is 0 Å². The molecule has 0 fully saturated rings. The van der Waals surface area contributed by atoms with Crippen molar-refractivity contribution in [2.24, 2.45) is 0 Å². The first-order chi connectivity index (χ1) is 7.52. The molecule has 0 spiro atoms. The maximum Gasteiger partial charge on any atom is 0.319 e. The molecule has 1 rings (SSSR count). The van der Waals surface area contributed by atoms with Crippen molar-refractivity contribution < 1.29 is 9.53 Å². The normalized spacial score (nSPS) is 11.1. The van der Waals surface area contributed by atoms with Gasteiger partial charge in [-0.2, -0.15) is 5.10 Å². The molecule has 90 valence electrons. The van der Waals surface area contributed by atoms with E-state index < -0.39 is 0 Å². The van der Waals surface area contributed by atoms with E-state index in [9.17, 15) is 4.79 Å². The maximum absolute atomic E-state index is 11.0. The summed E-state index contributed by atoms with van der Waals surface area (Å²) in [6.45, 7) is 5.09. The number of methoxy groups -OCH3 is 1. The SMILES string of the molecule is COC(=O)CN(C)Cc1ccn(C(C)C)n1. The number of esters is 1. The number of aromatic nitrogens is 2. The lowest BCUT2D eigenvalue weighted by molar-refractivity contribution is -0.141. The van der Waals surface area contributed by atoms with Crippen LogP contribution in [-0.2, 0) is 16.1 Å². The van der Waals surface area contributed by atoms with Crippen molar-refractivity contribution in [3.05, 3.63) is 18.0 Å². The highest BCUT2D eigenvalue weighted by molar-refractivity contribution is 5.71. The molecule has 0 radical (unpaired) electrons. The molecule has 0 bridgehead atoms. The molecule has 0 saturated carbocycles. The van der Waals surface area contributed by atoms with E-state index in [-0.39, 0.29) is 12.5 Å². The van der Waals surface area contributed by atoms with Gasteiger partial charge in [0.05, 0.1) is 19.3 Å². The Morgan fingerprint density at radius 2 is 2.31 bits per heavy atom. The van der Waals surface area contributed by atoms with Gasteiger partial charge in [0, 0.05) is 18.8 Å². The Morgan fingerprint density at radius 1 is 1.62 bits per heavy atom. The predicted octanol–water partition coefficient (Wildman–Crippen LogP) is 1.07. The van der Waals surface area contributed by atoms with E-state index in [0.29, 0.717) is 12.6 Å². The van der Waals surface area contributed by atoms with E-state index in [4.69, 9.17) is 0 Å². The Hall–Kier alpha value is -1.36. The van der Waals surface area contributed by atoms with Crippen molar-refractivity contribution in [3.63, 3.8) is 0 Å². The molecule has 16 heavy (non-hydrogen) atoms. The fraction of sp³-hybridized carbons (Fsp3) is 0.636. The summed E-state index contributed by atoms with van der Waals surface area (Å²) in [6, 6.07) is 2.33. The Bertz CT molecular complexity index is 347. The Morgan fingerprint density at radius 3 is 2.81 bits per heavy atom. The largest absolute Gasteiger partial charge is 0.468 e. The first kappa shape index (κ1) is 12.7. The van der Waals surface area contributed by atoms with Gasteiger partial charge < -0.3 is 4.74 Å². The van der Waals surface area contributed by atoms with Crippen LogP contribution >= 0.6 is 0 Å². The lowest BCUT2D eigenvalue weighted by Gasteiger charge is -2.13. The van der Waals surface area contributed by atoms with Crippen LogP contribution in [0.15, 0.2) is 12.3 Å². The van der Waals surface area contributed by atoms with Crippen LogP contribution < -0.4 is 0 Å². The highest BCUT2D eigenvalue weighted by Crippen LogP contribution is 2.05. The van der Waals surface area contributed by atoms with Crippen LogP contribution in [0.1, 0.15) is 25.6 Å². The molecule has 5 nitrogen and oxygen atoms in total. The third-order valence-corrected chi connectivity index (χ3v) is 2.25. The number of carbonyl (C=O) groups excluding carboxylic acids is 1. The molecular weight excluding hydrogens is 206 g/mol. The van der Waals surface area contributed by atoms with Crippen LogP contribution in [0.25, 0.3) is 0 Å². The molecule has 0 amide bonds. The van der Waals surface area contributed by atoms with E-state index in [1.807, 2.05) is 28.9 Å². The molecule has 0 aromatic carbocycles. The molecule has 5 heteroatoms. The number of carbonyl (C=O) groups is 1. The summed E-state index contributed by atoms with van der Waals surface area (Å²) in [5, 5.41) is 4.41. The van der Waals surface area contributed by atoms with Gasteiger partial charge in [-0.05, 0) is 27.0 Å². The van der Waals surface area contributed by atoms with E-state index in [1.54, 1.807) is 0 Å². The Kier molecular flexibility index (Phi) is 4.49. The fourth-order valence-electron chi connectivity index (χ4n) is 1.37. The third kappa shape index (κ3) is 3.66. The zero-order chi connectivity index (χ0) is 12.1. The topological polar surface area (TPSA) is 47.4 Å². The average molecular weight is 225 g/mol.